The first kappa shape index (κ1) is 10.7. The molecular weight excluding hydrogens is 215 g/mol. The molecule has 6 heteroatoms. The van der Waals surface area contributed by atoms with Crippen LogP contribution in [0.5, 0.6) is 0 Å². The van der Waals surface area contributed by atoms with Gasteiger partial charge in [-0.25, -0.2) is 8.42 Å². The number of sulfone groups is 1. The molecule has 0 atom stereocenters. The van der Waals surface area contributed by atoms with E-state index in [0.29, 0.717) is 5.46 Å². The van der Waals surface area contributed by atoms with Crippen molar-refractivity contribution in [2.24, 2.45) is 0 Å². The third kappa shape index (κ3) is 2.06. The van der Waals surface area contributed by atoms with E-state index in [1.54, 1.807) is 0 Å². The molecule has 0 heterocycles. The Kier molecular flexibility index (Phi) is 2.58. The molecule has 0 aliphatic heterocycles. The Bertz CT molecular complexity index is 448. The van der Waals surface area contributed by atoms with Gasteiger partial charge >= 0.3 is 7.12 Å². The van der Waals surface area contributed by atoms with Gasteiger partial charge < -0.3 is 10.0 Å². The number of benzene rings is 1. The molecule has 1 aliphatic rings. The van der Waals surface area contributed by atoms with Gasteiger partial charge in [0.15, 0.2) is 9.84 Å². The average Bonchev–Trinajstić information content (AvgIpc) is 3.01. The van der Waals surface area contributed by atoms with Crippen LogP contribution in [0.15, 0.2) is 29.2 Å². The minimum absolute atomic E-state index is 0.234. The quantitative estimate of drug-likeness (QED) is 0.668. The summed E-state index contributed by atoms with van der Waals surface area (Å²) in [5, 5.41) is 17.5. The third-order valence-electron chi connectivity index (χ3n) is 2.47. The predicted molar refractivity (Wildman–Crippen MR) is 56.5 cm³/mol. The molecule has 0 radical (unpaired) electrons. The van der Waals surface area contributed by atoms with E-state index in [2.05, 4.69) is 0 Å². The van der Waals surface area contributed by atoms with E-state index in [1.807, 2.05) is 0 Å². The summed E-state index contributed by atoms with van der Waals surface area (Å²) in [5.41, 5.74) is 0.296. The van der Waals surface area contributed by atoms with Crippen LogP contribution in [-0.2, 0) is 9.84 Å². The fraction of sp³-hybridized carbons (Fsp3) is 0.333. The molecule has 1 saturated carbocycles. The molecule has 2 rings (SSSR count). The van der Waals surface area contributed by atoms with E-state index in [-0.39, 0.29) is 10.1 Å². The summed E-state index contributed by atoms with van der Waals surface area (Å²) in [6.45, 7) is 0. The molecular formula is C9H11BO4S. The highest BCUT2D eigenvalue weighted by Gasteiger charge is 2.36. The van der Waals surface area contributed by atoms with Crippen LogP contribution in [0.4, 0.5) is 0 Å². The van der Waals surface area contributed by atoms with Crippen molar-refractivity contribution < 1.29 is 18.5 Å². The van der Waals surface area contributed by atoms with Gasteiger partial charge in [-0.2, -0.15) is 0 Å². The Morgan fingerprint density at radius 1 is 1.13 bits per heavy atom. The van der Waals surface area contributed by atoms with E-state index < -0.39 is 17.0 Å². The Hall–Kier alpha value is -0.845. The van der Waals surface area contributed by atoms with Crippen molar-refractivity contribution in [1.29, 1.82) is 0 Å². The Balaban J connectivity index is 2.31. The van der Waals surface area contributed by atoms with Crippen LogP contribution in [-0.4, -0.2) is 30.8 Å². The van der Waals surface area contributed by atoms with Crippen LogP contribution in [0, 0.1) is 0 Å². The standard InChI is InChI=1S/C9H11BO4S/c11-10(12)7-1-3-8(4-2-7)15(13,14)9-5-6-9/h1-4,9,11-12H,5-6H2. The molecule has 1 aromatic rings. The van der Waals surface area contributed by atoms with Crippen LogP contribution < -0.4 is 5.46 Å². The van der Waals surface area contributed by atoms with Gasteiger partial charge in [0.05, 0.1) is 10.1 Å². The summed E-state index contributed by atoms with van der Waals surface area (Å²) >= 11 is 0. The second-order valence-corrected chi connectivity index (χ2v) is 5.92. The van der Waals surface area contributed by atoms with Crippen molar-refractivity contribution in [1.82, 2.24) is 0 Å². The molecule has 2 N–H and O–H groups in total. The van der Waals surface area contributed by atoms with Crippen molar-refractivity contribution in [3.8, 4) is 0 Å². The molecule has 0 spiro atoms. The SMILES string of the molecule is O=S(=O)(c1ccc(B(O)O)cc1)C1CC1. The van der Waals surface area contributed by atoms with Crippen molar-refractivity contribution in [3.63, 3.8) is 0 Å². The summed E-state index contributed by atoms with van der Waals surface area (Å²) in [6.07, 6.45) is 1.46. The summed E-state index contributed by atoms with van der Waals surface area (Å²) in [5.74, 6) is 0. The molecule has 0 saturated heterocycles. The third-order valence-corrected chi connectivity index (χ3v) is 4.75. The minimum Gasteiger partial charge on any atom is -0.423 e. The molecule has 1 aromatic carbocycles. The Labute approximate surface area is 88.6 Å². The molecule has 80 valence electrons. The normalized spacial score (nSPS) is 16.4. The topological polar surface area (TPSA) is 74.6 Å². The highest BCUT2D eigenvalue weighted by molar-refractivity contribution is 7.92. The van der Waals surface area contributed by atoms with Gasteiger partial charge in [0, 0.05) is 0 Å². The molecule has 15 heavy (non-hydrogen) atoms. The first-order valence-electron chi connectivity index (χ1n) is 4.72. The molecule has 0 unspecified atom stereocenters. The molecule has 0 aromatic heterocycles. The maximum Gasteiger partial charge on any atom is 0.488 e. The molecule has 1 aliphatic carbocycles. The highest BCUT2D eigenvalue weighted by atomic mass is 32.2. The predicted octanol–water partition coefficient (Wildman–Crippen LogP) is -0.698. The maximum atomic E-state index is 11.8. The van der Waals surface area contributed by atoms with Crippen LogP contribution in [0.25, 0.3) is 0 Å². The van der Waals surface area contributed by atoms with Gasteiger partial charge in [0.25, 0.3) is 0 Å². The maximum absolute atomic E-state index is 11.8. The smallest absolute Gasteiger partial charge is 0.423 e. The van der Waals surface area contributed by atoms with Gasteiger partial charge in [-0.05, 0) is 30.4 Å². The fourth-order valence-electron chi connectivity index (χ4n) is 1.40. The van der Waals surface area contributed by atoms with E-state index in [4.69, 9.17) is 10.0 Å². The highest BCUT2D eigenvalue weighted by Crippen LogP contribution is 2.32. The van der Waals surface area contributed by atoms with E-state index in [0.717, 1.165) is 12.8 Å². The largest absolute Gasteiger partial charge is 0.488 e. The lowest BCUT2D eigenvalue weighted by Gasteiger charge is -2.03. The lowest BCUT2D eigenvalue weighted by Crippen LogP contribution is -2.29. The van der Waals surface area contributed by atoms with Gasteiger partial charge in [0.2, 0.25) is 0 Å². The molecule has 1 fully saturated rings. The van der Waals surface area contributed by atoms with Gasteiger partial charge in [-0.1, -0.05) is 12.1 Å². The van der Waals surface area contributed by atoms with E-state index in [1.165, 1.54) is 24.3 Å². The lowest BCUT2D eigenvalue weighted by molar-refractivity contribution is 0.425. The minimum atomic E-state index is -3.17. The van der Waals surface area contributed by atoms with Gasteiger partial charge in [0.1, 0.15) is 0 Å². The summed E-state index contributed by atoms with van der Waals surface area (Å²) < 4.78 is 23.5. The molecule has 0 bridgehead atoms. The second kappa shape index (κ2) is 3.62. The molecule has 4 nitrogen and oxygen atoms in total. The first-order valence-corrected chi connectivity index (χ1v) is 6.26. The Morgan fingerprint density at radius 3 is 2.07 bits per heavy atom. The van der Waals surface area contributed by atoms with Crippen LogP contribution in [0.3, 0.4) is 0 Å². The van der Waals surface area contributed by atoms with E-state index >= 15 is 0 Å². The van der Waals surface area contributed by atoms with Crippen molar-refractivity contribution in [3.05, 3.63) is 24.3 Å². The number of hydrogen-bond acceptors (Lipinski definition) is 4. The fourth-order valence-corrected chi connectivity index (χ4v) is 3.06. The van der Waals surface area contributed by atoms with Crippen molar-refractivity contribution in [2.45, 2.75) is 23.0 Å². The first-order chi connectivity index (χ1) is 7.01. The van der Waals surface area contributed by atoms with Crippen LogP contribution in [0.1, 0.15) is 12.8 Å². The zero-order valence-electron chi connectivity index (χ0n) is 8.00. The summed E-state index contributed by atoms with van der Waals surface area (Å²) in [7, 11) is -4.72. The van der Waals surface area contributed by atoms with E-state index in [9.17, 15) is 8.42 Å². The van der Waals surface area contributed by atoms with Crippen LogP contribution >= 0.6 is 0 Å². The van der Waals surface area contributed by atoms with Crippen molar-refractivity contribution >= 4 is 22.4 Å². The number of rotatable bonds is 3. The van der Waals surface area contributed by atoms with Crippen molar-refractivity contribution in [2.75, 3.05) is 0 Å². The van der Waals surface area contributed by atoms with Crippen LogP contribution in [0.2, 0.25) is 0 Å². The zero-order valence-corrected chi connectivity index (χ0v) is 8.81. The summed E-state index contributed by atoms with van der Waals surface area (Å²) in [6, 6.07) is 5.67. The second-order valence-electron chi connectivity index (χ2n) is 3.69. The number of hydrogen-bond donors (Lipinski definition) is 2. The lowest BCUT2D eigenvalue weighted by atomic mass is 9.81. The zero-order chi connectivity index (χ0) is 11.1. The van der Waals surface area contributed by atoms with Gasteiger partial charge in [-0.15, -0.1) is 0 Å². The van der Waals surface area contributed by atoms with Gasteiger partial charge in [-0.3, -0.25) is 0 Å². The summed E-state index contributed by atoms with van der Waals surface area (Å²) in [4.78, 5) is 0.259. The molecule has 0 amide bonds. The Morgan fingerprint density at radius 2 is 1.67 bits per heavy atom. The monoisotopic (exact) mass is 226 g/mol. The average molecular weight is 226 g/mol.